The number of sulfonamides is 1. The first-order valence-corrected chi connectivity index (χ1v) is 18.0. The molecule has 0 aliphatic heterocycles. The molecule has 0 atom stereocenters. The fraction of sp³-hybridized carbons (Fsp3) is 0.389. The zero-order valence-electron chi connectivity index (χ0n) is 27.2. The SMILES string of the molecule is CNC(=O)c1c(-c2ccc(F)cc2)oc2cc(N(CCOCCOCCCCCOC(=O)c3ccccc3)S(C)(=O)=O)c(C3CC3)cc12. The molecule has 1 aliphatic rings. The highest BCUT2D eigenvalue weighted by molar-refractivity contribution is 7.92. The van der Waals surface area contributed by atoms with Crippen molar-refractivity contribution in [2.24, 2.45) is 0 Å². The molecule has 48 heavy (non-hydrogen) atoms. The van der Waals surface area contributed by atoms with Crippen molar-refractivity contribution in [1.29, 1.82) is 0 Å². The summed E-state index contributed by atoms with van der Waals surface area (Å²) in [7, 11) is -2.18. The van der Waals surface area contributed by atoms with Gasteiger partial charge in [0.15, 0.2) is 0 Å². The maximum atomic E-state index is 13.7. The van der Waals surface area contributed by atoms with Gasteiger partial charge < -0.3 is 23.9 Å². The number of unbranched alkanes of at least 4 members (excludes halogenated alkanes) is 2. The zero-order valence-corrected chi connectivity index (χ0v) is 28.0. The van der Waals surface area contributed by atoms with E-state index < -0.39 is 15.8 Å². The van der Waals surface area contributed by atoms with Crippen LogP contribution >= 0.6 is 0 Å². The Balaban J connectivity index is 1.15. The summed E-state index contributed by atoms with van der Waals surface area (Å²) in [5.74, 6) is -0.662. The second-order valence-electron chi connectivity index (χ2n) is 11.7. The number of amides is 1. The Hall–Kier alpha value is -4.26. The van der Waals surface area contributed by atoms with Crippen LogP contribution in [0.25, 0.3) is 22.3 Å². The summed E-state index contributed by atoms with van der Waals surface area (Å²) in [5.41, 5.74) is 3.04. The van der Waals surface area contributed by atoms with Gasteiger partial charge in [-0.1, -0.05) is 18.2 Å². The van der Waals surface area contributed by atoms with Crippen molar-refractivity contribution in [2.45, 2.75) is 38.0 Å². The summed E-state index contributed by atoms with van der Waals surface area (Å²) in [6.45, 7) is 1.79. The lowest BCUT2D eigenvalue weighted by atomic mass is 10.0. The van der Waals surface area contributed by atoms with Gasteiger partial charge in [0.25, 0.3) is 5.91 Å². The highest BCUT2D eigenvalue weighted by Crippen LogP contribution is 2.48. The predicted molar refractivity (Wildman–Crippen MR) is 181 cm³/mol. The fourth-order valence-electron chi connectivity index (χ4n) is 5.48. The van der Waals surface area contributed by atoms with E-state index >= 15 is 0 Å². The molecule has 1 aromatic heterocycles. The Kier molecular flexibility index (Phi) is 11.9. The number of hydrogen-bond donors (Lipinski definition) is 1. The molecule has 0 bridgehead atoms. The number of carbonyl (C=O) groups is 2. The standard InChI is InChI=1S/C36H41FN2O8S/c1-38-35(40)33-30-23-29(25-11-12-25)31(24-32(30)47-34(33)26-13-15-28(37)16-14-26)39(48(2,42)43)17-20-45-22-21-44-18-7-4-8-19-46-36(41)27-9-5-3-6-10-27/h3,5-6,9-10,13-16,23-25H,4,7-8,11-12,17-22H2,1-2H3,(H,38,40). The number of esters is 1. The number of nitrogens with zero attached hydrogens (tertiary/aromatic N) is 1. The predicted octanol–water partition coefficient (Wildman–Crippen LogP) is 6.30. The Bertz CT molecular complexity index is 1810. The Morgan fingerprint density at radius 3 is 2.27 bits per heavy atom. The smallest absolute Gasteiger partial charge is 0.338 e. The number of nitrogens with one attached hydrogen (secondary N) is 1. The molecular formula is C36H41FN2O8S. The van der Waals surface area contributed by atoms with Crippen LogP contribution in [0.3, 0.4) is 0 Å². The van der Waals surface area contributed by atoms with Gasteiger partial charge in [0.05, 0.1) is 56.0 Å². The summed E-state index contributed by atoms with van der Waals surface area (Å²) in [5, 5.41) is 3.22. The average Bonchev–Trinajstić information content (AvgIpc) is 3.86. The zero-order chi connectivity index (χ0) is 34.1. The molecule has 1 fully saturated rings. The van der Waals surface area contributed by atoms with Gasteiger partial charge >= 0.3 is 5.97 Å². The van der Waals surface area contributed by atoms with Gasteiger partial charge in [-0.15, -0.1) is 0 Å². The highest BCUT2D eigenvalue weighted by atomic mass is 32.2. The summed E-state index contributed by atoms with van der Waals surface area (Å²) in [6, 6.07) is 18.1. The number of rotatable bonds is 18. The van der Waals surface area contributed by atoms with E-state index in [9.17, 15) is 22.4 Å². The van der Waals surface area contributed by atoms with Crippen LogP contribution in [0.1, 0.15) is 64.3 Å². The molecule has 3 aromatic carbocycles. The minimum Gasteiger partial charge on any atom is -0.462 e. The van der Waals surface area contributed by atoms with E-state index in [0.29, 0.717) is 59.8 Å². The van der Waals surface area contributed by atoms with E-state index in [1.807, 2.05) is 12.1 Å². The van der Waals surface area contributed by atoms with Gasteiger partial charge in [-0.05, 0) is 86.1 Å². The van der Waals surface area contributed by atoms with Gasteiger partial charge in [0.2, 0.25) is 10.0 Å². The quantitative estimate of drug-likeness (QED) is 0.0959. The molecule has 12 heteroatoms. The number of hydrogen-bond acceptors (Lipinski definition) is 8. The van der Waals surface area contributed by atoms with Crippen LogP contribution in [0.15, 0.2) is 71.1 Å². The average molecular weight is 681 g/mol. The minimum atomic E-state index is -3.70. The van der Waals surface area contributed by atoms with Crippen LogP contribution in [-0.2, 0) is 24.2 Å². The first-order chi connectivity index (χ1) is 23.2. The van der Waals surface area contributed by atoms with Crippen molar-refractivity contribution >= 4 is 38.6 Å². The number of benzene rings is 3. The van der Waals surface area contributed by atoms with Crippen LogP contribution < -0.4 is 9.62 Å². The maximum absolute atomic E-state index is 13.7. The first kappa shape index (κ1) is 35.1. The summed E-state index contributed by atoms with van der Waals surface area (Å²) >= 11 is 0. The highest BCUT2D eigenvalue weighted by Gasteiger charge is 2.33. The second-order valence-corrected chi connectivity index (χ2v) is 13.6. The van der Waals surface area contributed by atoms with E-state index in [2.05, 4.69) is 5.32 Å². The van der Waals surface area contributed by atoms with Crippen molar-refractivity contribution < 1.29 is 41.0 Å². The van der Waals surface area contributed by atoms with E-state index in [0.717, 1.165) is 43.9 Å². The molecule has 1 saturated carbocycles. The molecule has 0 radical (unpaired) electrons. The number of ether oxygens (including phenoxy) is 3. The molecule has 0 unspecified atom stereocenters. The van der Waals surface area contributed by atoms with E-state index in [4.69, 9.17) is 18.6 Å². The fourth-order valence-corrected chi connectivity index (χ4v) is 6.40. The monoisotopic (exact) mass is 680 g/mol. The summed E-state index contributed by atoms with van der Waals surface area (Å²) in [6.07, 6.45) is 5.37. The molecule has 0 spiro atoms. The Morgan fingerprint density at radius 2 is 1.60 bits per heavy atom. The number of halogens is 1. The third kappa shape index (κ3) is 9.00. The summed E-state index contributed by atoms with van der Waals surface area (Å²) in [4.78, 5) is 25.0. The number of anilines is 1. The maximum Gasteiger partial charge on any atom is 0.338 e. The second kappa shape index (κ2) is 16.2. The van der Waals surface area contributed by atoms with Crippen LogP contribution in [0, 0.1) is 5.82 Å². The van der Waals surface area contributed by atoms with Gasteiger partial charge in [-0.2, -0.15) is 0 Å². The molecule has 0 saturated heterocycles. The van der Waals surface area contributed by atoms with Crippen LogP contribution in [0.2, 0.25) is 0 Å². The molecule has 4 aromatic rings. The van der Waals surface area contributed by atoms with E-state index in [1.54, 1.807) is 42.5 Å². The normalized spacial score (nSPS) is 13.1. The topological polar surface area (TPSA) is 124 Å². The third-order valence-corrected chi connectivity index (χ3v) is 9.25. The largest absolute Gasteiger partial charge is 0.462 e. The number of fused-ring (bicyclic) bond motifs is 1. The lowest BCUT2D eigenvalue weighted by Gasteiger charge is -2.25. The van der Waals surface area contributed by atoms with Crippen LogP contribution in [-0.4, -0.2) is 73.2 Å². The summed E-state index contributed by atoms with van der Waals surface area (Å²) < 4.78 is 63.9. The van der Waals surface area contributed by atoms with E-state index in [1.165, 1.54) is 23.5 Å². The number of carbonyl (C=O) groups excluding carboxylic acids is 2. The Morgan fingerprint density at radius 1 is 0.917 bits per heavy atom. The van der Waals surface area contributed by atoms with Crippen LogP contribution in [0.4, 0.5) is 10.1 Å². The van der Waals surface area contributed by atoms with Crippen molar-refractivity contribution in [1.82, 2.24) is 5.32 Å². The van der Waals surface area contributed by atoms with Gasteiger partial charge in [-0.3, -0.25) is 9.10 Å². The van der Waals surface area contributed by atoms with Crippen molar-refractivity contribution in [3.63, 3.8) is 0 Å². The van der Waals surface area contributed by atoms with Crippen LogP contribution in [0.5, 0.6) is 0 Å². The third-order valence-electron chi connectivity index (χ3n) is 8.07. The van der Waals surface area contributed by atoms with Crippen molar-refractivity contribution in [3.8, 4) is 11.3 Å². The van der Waals surface area contributed by atoms with Gasteiger partial charge in [0.1, 0.15) is 17.2 Å². The van der Waals surface area contributed by atoms with E-state index in [-0.39, 0.29) is 36.7 Å². The Labute approximate surface area is 280 Å². The molecule has 10 nitrogen and oxygen atoms in total. The van der Waals surface area contributed by atoms with Gasteiger partial charge in [0, 0.05) is 30.7 Å². The molecule has 1 heterocycles. The molecule has 1 amide bonds. The molecular weight excluding hydrogens is 639 g/mol. The minimum absolute atomic E-state index is 0.0829. The molecule has 1 N–H and O–H groups in total. The molecule has 256 valence electrons. The molecule has 5 rings (SSSR count). The number of furan rings is 1. The molecule has 1 aliphatic carbocycles. The van der Waals surface area contributed by atoms with Gasteiger partial charge in [-0.25, -0.2) is 17.6 Å². The first-order valence-electron chi connectivity index (χ1n) is 16.1. The van der Waals surface area contributed by atoms with Crippen molar-refractivity contribution in [3.05, 3.63) is 89.2 Å². The van der Waals surface area contributed by atoms with Crippen molar-refractivity contribution in [2.75, 3.05) is 57.2 Å². The lowest BCUT2D eigenvalue weighted by Crippen LogP contribution is -2.34. The lowest BCUT2D eigenvalue weighted by molar-refractivity contribution is 0.0452.